The number of rotatable bonds is 9. The number of nitrogens with one attached hydrogen (secondary N) is 1. The van der Waals surface area contributed by atoms with Crippen LogP contribution in [0.25, 0.3) is 0 Å². The molecule has 2 aromatic rings. The molecule has 47 heavy (non-hydrogen) atoms. The maximum Gasteiger partial charge on any atom is 0.303 e. The molecule has 3 aliphatic rings. The van der Waals surface area contributed by atoms with Crippen LogP contribution in [0.1, 0.15) is 88.6 Å². The summed E-state index contributed by atoms with van der Waals surface area (Å²) in [6, 6.07) is 4.34. The molecule has 2 aromatic carbocycles. The minimum Gasteiger partial charge on any atom is -0.507 e. The summed E-state index contributed by atoms with van der Waals surface area (Å²) in [4.78, 5) is 50.6. The van der Waals surface area contributed by atoms with Gasteiger partial charge in [0.05, 0.1) is 60.9 Å². The van der Waals surface area contributed by atoms with E-state index in [1.165, 1.54) is 25.3 Å². The number of ether oxygens (including phenoxy) is 3. The zero-order valence-electron chi connectivity index (χ0n) is 25.8. The minimum atomic E-state index is -2.17. The number of fused-ring (bicyclic) bond motifs is 3. The van der Waals surface area contributed by atoms with Crippen LogP contribution in [0.4, 0.5) is 0 Å². The summed E-state index contributed by atoms with van der Waals surface area (Å²) < 4.78 is 17.4. The number of nitrogens with zero attached hydrogens (tertiary/aromatic N) is 1. The van der Waals surface area contributed by atoms with Gasteiger partial charge >= 0.3 is 5.97 Å². The predicted octanol–water partition coefficient (Wildman–Crippen LogP) is 1.08. The summed E-state index contributed by atoms with van der Waals surface area (Å²) in [5.41, 5.74) is -1.90. The van der Waals surface area contributed by atoms with Crippen molar-refractivity contribution in [1.29, 1.82) is 0 Å². The molecule has 0 bridgehead atoms. The number of aromatic hydroxyl groups is 2. The Balaban J connectivity index is 1.63. The highest BCUT2D eigenvalue weighted by atomic mass is 16.7. The zero-order chi connectivity index (χ0) is 34.4. The minimum absolute atomic E-state index is 0.0748. The van der Waals surface area contributed by atoms with Crippen LogP contribution in [0, 0.1) is 5.92 Å². The third kappa shape index (κ3) is 6.07. The number of aliphatic carboxylic acids is 1. The van der Waals surface area contributed by atoms with Crippen LogP contribution in [0.3, 0.4) is 0 Å². The van der Waals surface area contributed by atoms with E-state index in [2.05, 4.69) is 10.5 Å². The number of carboxylic acid groups (broad SMARTS) is 1. The molecule has 15 heteroatoms. The molecule has 1 heterocycles. The number of phenols is 2. The molecule has 1 saturated heterocycles. The molecule has 1 aliphatic heterocycles. The van der Waals surface area contributed by atoms with Gasteiger partial charge in [-0.05, 0) is 18.9 Å². The molecule has 0 aromatic heterocycles. The summed E-state index contributed by atoms with van der Waals surface area (Å²) in [6.45, 7) is 2.52. The van der Waals surface area contributed by atoms with Crippen LogP contribution in [-0.2, 0) is 25.5 Å². The van der Waals surface area contributed by atoms with Gasteiger partial charge in [0.2, 0.25) is 11.7 Å². The zero-order valence-corrected chi connectivity index (χ0v) is 25.8. The second kappa shape index (κ2) is 13.0. The van der Waals surface area contributed by atoms with Crippen molar-refractivity contribution < 1.29 is 64.0 Å². The summed E-state index contributed by atoms with van der Waals surface area (Å²) in [7, 11) is 1.32. The summed E-state index contributed by atoms with van der Waals surface area (Å²) in [6.07, 6.45) is -5.53. The smallest absolute Gasteiger partial charge is 0.303 e. The number of phenolic OH excluding ortho intramolecular Hbond substituents is 2. The number of benzene rings is 2. The van der Waals surface area contributed by atoms with Crippen molar-refractivity contribution in [2.24, 2.45) is 11.0 Å². The molecule has 0 saturated carbocycles. The monoisotopic (exact) mass is 656 g/mol. The fourth-order valence-corrected chi connectivity index (χ4v) is 6.50. The van der Waals surface area contributed by atoms with Gasteiger partial charge in [0.1, 0.15) is 22.8 Å². The third-order valence-electron chi connectivity index (χ3n) is 8.96. The Kier molecular flexibility index (Phi) is 9.39. The number of aliphatic hydroxyl groups is 3. The Morgan fingerprint density at radius 1 is 1.09 bits per heavy atom. The van der Waals surface area contributed by atoms with Gasteiger partial charge in [-0.2, -0.15) is 5.10 Å². The van der Waals surface area contributed by atoms with E-state index >= 15 is 0 Å². The van der Waals surface area contributed by atoms with Crippen LogP contribution < -0.4 is 10.2 Å². The van der Waals surface area contributed by atoms with Crippen molar-refractivity contribution in [3.63, 3.8) is 0 Å². The highest BCUT2D eigenvalue weighted by molar-refractivity contribution is 6.31. The van der Waals surface area contributed by atoms with Gasteiger partial charge in [0.15, 0.2) is 12.1 Å². The van der Waals surface area contributed by atoms with Crippen LogP contribution in [0.5, 0.6) is 17.2 Å². The van der Waals surface area contributed by atoms with Gasteiger partial charge in [0, 0.05) is 42.4 Å². The summed E-state index contributed by atoms with van der Waals surface area (Å²) in [5.74, 6) is -5.19. The van der Waals surface area contributed by atoms with Gasteiger partial charge in [0.25, 0.3) is 0 Å². The Bertz CT molecular complexity index is 1660. The normalized spacial score (nSPS) is 27.0. The number of amides is 1. The molecule has 15 nitrogen and oxygen atoms in total. The molecular formula is C32H36N2O13. The summed E-state index contributed by atoms with van der Waals surface area (Å²) >= 11 is 0. The molecule has 5 rings (SSSR count). The molecule has 7 N–H and O–H groups in total. The van der Waals surface area contributed by atoms with Crippen molar-refractivity contribution in [2.75, 3.05) is 13.7 Å². The fourth-order valence-electron chi connectivity index (χ4n) is 6.50. The third-order valence-corrected chi connectivity index (χ3v) is 8.96. The first-order valence-electron chi connectivity index (χ1n) is 15.0. The van der Waals surface area contributed by atoms with Crippen molar-refractivity contribution >= 4 is 29.2 Å². The van der Waals surface area contributed by atoms with E-state index in [1.807, 2.05) is 0 Å². The van der Waals surface area contributed by atoms with Crippen molar-refractivity contribution in [2.45, 2.75) is 76.2 Å². The Hall–Kier alpha value is -4.41. The number of aliphatic hydroxyl groups excluding tert-OH is 2. The van der Waals surface area contributed by atoms with Gasteiger partial charge in [-0.25, -0.2) is 5.43 Å². The van der Waals surface area contributed by atoms with E-state index < -0.39 is 114 Å². The second-order valence-electron chi connectivity index (χ2n) is 12.0. The first kappa shape index (κ1) is 33.9. The topological polar surface area (TPSA) is 242 Å². The van der Waals surface area contributed by atoms with E-state index in [0.717, 1.165) is 0 Å². The van der Waals surface area contributed by atoms with Crippen LogP contribution >= 0.6 is 0 Å². The first-order chi connectivity index (χ1) is 22.2. The quantitative estimate of drug-likeness (QED) is 0.0970. The van der Waals surface area contributed by atoms with Crippen LogP contribution in [-0.4, -0.2) is 97.6 Å². The molecule has 1 fully saturated rings. The maximum absolute atomic E-state index is 13.9. The van der Waals surface area contributed by atoms with E-state index in [9.17, 15) is 44.7 Å². The summed E-state index contributed by atoms with van der Waals surface area (Å²) in [5, 5.41) is 68.6. The lowest BCUT2D eigenvalue weighted by Gasteiger charge is -2.43. The van der Waals surface area contributed by atoms with Gasteiger partial charge < -0.3 is 44.8 Å². The van der Waals surface area contributed by atoms with E-state index in [4.69, 9.17) is 19.3 Å². The van der Waals surface area contributed by atoms with Gasteiger partial charge in [-0.1, -0.05) is 19.1 Å². The standard InChI is InChI=1S/C32H36N2O13/c1-13-9-22(46-14(2)27(13)39)47-18-11-32(44,19(12-35)33-34-20(36)7-8-21(37)38)10-16-24(18)31(43)26-25(29(16)41)28(40)15-5-4-6-17(45-3)23(15)30(26)42/h4-6,13-14,18,22,27,35,39,41,43-44H,7-12H2,1-3H3,(H,34,36)(H,37,38)/b33-19+. The molecular weight excluding hydrogens is 620 g/mol. The SMILES string of the molecule is COc1cccc2c1C(=O)c1c(O)c3c(c(O)c1C2=O)CC(O)(/C(CO)=N/NC(=O)CCC(=O)O)CC3OC1CC(C)C(O)C(C)O1. The van der Waals surface area contributed by atoms with Crippen molar-refractivity contribution in [1.82, 2.24) is 5.43 Å². The van der Waals surface area contributed by atoms with Crippen molar-refractivity contribution in [3.05, 3.63) is 51.6 Å². The lowest BCUT2D eigenvalue weighted by Crippen LogP contribution is -2.49. The molecule has 6 atom stereocenters. The molecule has 2 aliphatic carbocycles. The molecule has 0 spiro atoms. The number of hydrogen-bond acceptors (Lipinski definition) is 13. The number of carbonyl (C=O) groups is 4. The average molecular weight is 657 g/mol. The van der Waals surface area contributed by atoms with E-state index in [-0.39, 0.29) is 40.3 Å². The van der Waals surface area contributed by atoms with Gasteiger partial charge in [-0.3, -0.25) is 19.2 Å². The fraction of sp³-hybridized carbons (Fsp3) is 0.469. The number of methoxy groups -OCH3 is 1. The number of hydrazone groups is 1. The van der Waals surface area contributed by atoms with E-state index in [0.29, 0.717) is 0 Å². The van der Waals surface area contributed by atoms with Crippen LogP contribution in [0.2, 0.25) is 0 Å². The number of carboxylic acids is 1. The maximum atomic E-state index is 13.9. The lowest BCUT2D eigenvalue weighted by atomic mass is 9.71. The Labute approximate surface area is 268 Å². The highest BCUT2D eigenvalue weighted by Gasteiger charge is 2.49. The largest absolute Gasteiger partial charge is 0.507 e. The molecule has 6 unspecified atom stereocenters. The number of ketones is 2. The Morgan fingerprint density at radius 3 is 2.43 bits per heavy atom. The average Bonchev–Trinajstić information content (AvgIpc) is 3.02. The predicted molar refractivity (Wildman–Crippen MR) is 160 cm³/mol. The highest BCUT2D eigenvalue weighted by Crippen LogP contribution is 2.52. The molecule has 0 radical (unpaired) electrons. The number of hydrogen-bond donors (Lipinski definition) is 7. The van der Waals surface area contributed by atoms with E-state index in [1.54, 1.807) is 13.8 Å². The lowest BCUT2D eigenvalue weighted by molar-refractivity contribution is -0.254. The molecule has 252 valence electrons. The van der Waals surface area contributed by atoms with Crippen molar-refractivity contribution in [3.8, 4) is 17.2 Å². The molecule has 1 amide bonds. The number of carbonyl (C=O) groups excluding carboxylic acids is 3. The second-order valence-corrected chi connectivity index (χ2v) is 12.0. The Morgan fingerprint density at radius 2 is 1.79 bits per heavy atom. The first-order valence-corrected chi connectivity index (χ1v) is 15.0. The van der Waals surface area contributed by atoms with Gasteiger partial charge in [-0.15, -0.1) is 0 Å². The van der Waals surface area contributed by atoms with Crippen LogP contribution in [0.15, 0.2) is 23.3 Å².